The zero-order chi connectivity index (χ0) is 32.9. The molecule has 2 fully saturated rings. The van der Waals surface area contributed by atoms with Gasteiger partial charge in [-0.15, -0.1) is 22.5 Å². The highest BCUT2D eigenvalue weighted by atomic mass is 19.4. The zero-order valence-electron chi connectivity index (χ0n) is 25.6. The summed E-state index contributed by atoms with van der Waals surface area (Å²) in [5.41, 5.74) is 1.07. The number of hydrogen-bond donors (Lipinski definition) is 1. The molecule has 2 aliphatic rings. The minimum absolute atomic E-state index is 0.0931. The van der Waals surface area contributed by atoms with E-state index in [9.17, 15) is 23.2 Å². The number of benzene rings is 1. The van der Waals surface area contributed by atoms with Crippen molar-refractivity contribution in [2.45, 2.75) is 38.4 Å². The van der Waals surface area contributed by atoms with Gasteiger partial charge in [0.25, 0.3) is 0 Å². The van der Waals surface area contributed by atoms with Crippen LogP contribution in [0.2, 0.25) is 0 Å². The highest BCUT2D eigenvalue weighted by Gasteiger charge is 2.47. The Morgan fingerprint density at radius 3 is 2.62 bits per heavy atom. The number of terminal acetylenes is 1. The van der Waals surface area contributed by atoms with E-state index in [4.69, 9.17) is 6.42 Å². The molecule has 5 aromatic rings. The third-order valence-electron chi connectivity index (χ3n) is 9.06. The first-order valence-electron chi connectivity index (χ1n) is 15.2. The van der Waals surface area contributed by atoms with Crippen molar-refractivity contribution in [3.8, 4) is 46.7 Å². The molecule has 4 aromatic heterocycles. The van der Waals surface area contributed by atoms with Crippen molar-refractivity contribution in [3.05, 3.63) is 82.3 Å². The van der Waals surface area contributed by atoms with E-state index in [1.165, 1.54) is 12.4 Å². The highest BCUT2D eigenvalue weighted by Crippen LogP contribution is 2.52. The molecule has 1 aliphatic heterocycles. The largest absolute Gasteiger partial charge is 0.418 e. The van der Waals surface area contributed by atoms with E-state index < -0.39 is 17.4 Å². The van der Waals surface area contributed by atoms with E-state index >= 15 is 0 Å². The van der Waals surface area contributed by atoms with Gasteiger partial charge in [-0.3, -0.25) is 13.9 Å². The van der Waals surface area contributed by atoms with Gasteiger partial charge in [0.1, 0.15) is 18.0 Å². The maximum atomic E-state index is 14.5. The van der Waals surface area contributed by atoms with Crippen molar-refractivity contribution in [1.29, 1.82) is 5.26 Å². The molecule has 5 heterocycles. The Labute approximate surface area is 268 Å². The van der Waals surface area contributed by atoms with Gasteiger partial charge in [-0.1, -0.05) is 0 Å². The molecule has 7 rings (SSSR count). The number of rotatable bonds is 8. The maximum absolute atomic E-state index is 14.5. The first-order valence-corrected chi connectivity index (χ1v) is 15.2. The number of halogens is 3. The first kappa shape index (κ1) is 30.3. The summed E-state index contributed by atoms with van der Waals surface area (Å²) in [6.45, 7) is 2.38. The van der Waals surface area contributed by atoms with Gasteiger partial charge in [0.2, 0.25) is 0 Å². The van der Waals surface area contributed by atoms with Gasteiger partial charge in [-0.2, -0.15) is 18.4 Å². The highest BCUT2D eigenvalue weighted by molar-refractivity contribution is 5.83. The molecule has 1 saturated heterocycles. The van der Waals surface area contributed by atoms with Crippen molar-refractivity contribution in [2.24, 2.45) is 12.5 Å². The molecule has 0 amide bonds. The minimum Gasteiger partial charge on any atom is -0.369 e. The Kier molecular flexibility index (Phi) is 7.37. The lowest BCUT2D eigenvalue weighted by Crippen LogP contribution is -2.23. The Bertz CT molecular complexity index is 2160. The molecular weight excluding hydrogens is 607 g/mol. The van der Waals surface area contributed by atoms with Crippen molar-refractivity contribution >= 4 is 11.3 Å². The number of aryl methyl sites for hydroxylation is 1. The number of pyridine rings is 2. The van der Waals surface area contributed by atoms with Gasteiger partial charge >= 0.3 is 11.9 Å². The lowest BCUT2D eigenvalue weighted by Gasteiger charge is -2.17. The van der Waals surface area contributed by atoms with E-state index in [1.807, 2.05) is 0 Å². The monoisotopic (exact) mass is 637 g/mol. The third-order valence-corrected chi connectivity index (χ3v) is 9.06. The second kappa shape index (κ2) is 11.4. The molecule has 13 heteroatoms. The molecule has 1 aromatic carbocycles. The number of aromatic nitrogens is 6. The predicted octanol–water partition coefficient (Wildman–Crippen LogP) is 5.26. The molecule has 0 radical (unpaired) electrons. The second-order valence-electron chi connectivity index (χ2n) is 12.4. The number of imidazole rings is 1. The molecule has 1 spiro atoms. The van der Waals surface area contributed by atoms with Crippen LogP contribution in [0.15, 0.2) is 59.9 Å². The van der Waals surface area contributed by atoms with E-state index in [2.05, 4.69) is 37.4 Å². The number of likely N-dealkylation sites (tertiary alicyclic amines) is 1. The van der Waals surface area contributed by atoms with Gasteiger partial charge in [0.05, 0.1) is 22.7 Å². The summed E-state index contributed by atoms with van der Waals surface area (Å²) in [5.74, 6) is 3.53. The Balaban J connectivity index is 1.38. The van der Waals surface area contributed by atoms with Gasteiger partial charge in [-0.05, 0) is 84.3 Å². The predicted molar refractivity (Wildman–Crippen MR) is 169 cm³/mol. The summed E-state index contributed by atoms with van der Waals surface area (Å²) in [5, 5.41) is 21.1. The fraction of sp³-hybridized carbons (Fsp3) is 0.324. The standard InChI is InChI=1S/C34H30F3N9O/c1-3-4-10-39-29-14-24(26-12-22(16-38)5-6-25(26)31-42-40-21-43(31)2)15-30(41-29)46-19-28-27(34(35,36)37)13-23(18-45(28)32(46)47)17-44-11-9-33(20-44)7-8-33/h1,5-6,12-15,18-19,21H,4,7-11,17,20H2,2H3,(H,39,41). The van der Waals surface area contributed by atoms with Gasteiger partial charge in [-0.25, -0.2) is 9.78 Å². The van der Waals surface area contributed by atoms with E-state index in [1.54, 1.807) is 48.3 Å². The normalized spacial score (nSPS) is 15.6. The van der Waals surface area contributed by atoms with Crippen LogP contribution in [0, 0.1) is 29.1 Å². The number of alkyl halides is 3. The number of fused-ring (bicyclic) bond motifs is 1. The molecule has 0 unspecified atom stereocenters. The first-order chi connectivity index (χ1) is 22.6. The molecule has 1 saturated carbocycles. The van der Waals surface area contributed by atoms with Crippen molar-refractivity contribution in [3.63, 3.8) is 0 Å². The molecule has 1 N–H and O–H groups in total. The number of nitrogens with one attached hydrogen (secondary N) is 1. The van der Waals surface area contributed by atoms with Crippen LogP contribution in [-0.2, 0) is 19.8 Å². The van der Waals surface area contributed by atoms with Crippen LogP contribution in [0.25, 0.3) is 33.8 Å². The fourth-order valence-electron chi connectivity index (χ4n) is 6.45. The summed E-state index contributed by atoms with van der Waals surface area (Å²) in [6.07, 6.45) is 8.74. The summed E-state index contributed by atoms with van der Waals surface area (Å²) in [6, 6.07) is 11.7. The number of nitrogens with zero attached hydrogens (tertiary/aromatic N) is 8. The Hall–Kier alpha value is -5.40. The molecule has 10 nitrogen and oxygen atoms in total. The van der Waals surface area contributed by atoms with Crippen LogP contribution in [0.3, 0.4) is 0 Å². The Morgan fingerprint density at radius 1 is 1.11 bits per heavy atom. The van der Waals surface area contributed by atoms with Crippen LogP contribution in [0.4, 0.5) is 19.0 Å². The summed E-state index contributed by atoms with van der Waals surface area (Å²) < 4.78 is 47.3. The zero-order valence-corrected chi connectivity index (χ0v) is 25.6. The van der Waals surface area contributed by atoms with E-state index in [0.29, 0.717) is 64.4 Å². The van der Waals surface area contributed by atoms with Gasteiger partial charge in [0, 0.05) is 51.1 Å². The molecule has 0 atom stereocenters. The molecule has 47 heavy (non-hydrogen) atoms. The average Bonchev–Trinajstić information content (AvgIpc) is 3.31. The van der Waals surface area contributed by atoms with Crippen molar-refractivity contribution in [1.82, 2.24) is 33.6 Å². The maximum Gasteiger partial charge on any atom is 0.418 e. The van der Waals surface area contributed by atoms with Crippen LogP contribution in [-0.4, -0.2) is 53.3 Å². The lowest BCUT2D eigenvalue weighted by molar-refractivity contribution is -0.136. The average molecular weight is 638 g/mol. The van der Waals surface area contributed by atoms with Gasteiger partial charge < -0.3 is 9.88 Å². The topological polar surface area (TPSA) is 109 Å². The fourth-order valence-corrected chi connectivity index (χ4v) is 6.45. The van der Waals surface area contributed by atoms with Crippen molar-refractivity contribution < 1.29 is 13.2 Å². The summed E-state index contributed by atoms with van der Waals surface area (Å²) >= 11 is 0. The molecule has 1 aliphatic carbocycles. The third kappa shape index (κ3) is 5.75. The Morgan fingerprint density at radius 2 is 1.94 bits per heavy atom. The van der Waals surface area contributed by atoms with Gasteiger partial charge in [0.15, 0.2) is 5.82 Å². The lowest BCUT2D eigenvalue weighted by atomic mass is 9.97. The quantitative estimate of drug-likeness (QED) is 0.183. The van der Waals surface area contributed by atoms with Crippen LogP contribution < -0.4 is 11.0 Å². The molecule has 0 bridgehead atoms. The van der Waals surface area contributed by atoms with Crippen LogP contribution >= 0.6 is 0 Å². The van der Waals surface area contributed by atoms with Crippen LogP contribution in [0.1, 0.15) is 42.4 Å². The van der Waals surface area contributed by atoms with Crippen molar-refractivity contribution in [2.75, 3.05) is 25.0 Å². The van der Waals surface area contributed by atoms with E-state index in [-0.39, 0.29) is 11.3 Å². The molecule has 238 valence electrons. The number of hydrogen-bond acceptors (Lipinski definition) is 7. The molecular formula is C34H30F3N9O. The summed E-state index contributed by atoms with van der Waals surface area (Å²) in [7, 11) is 1.79. The van der Waals surface area contributed by atoms with E-state index in [0.717, 1.165) is 47.4 Å². The second-order valence-corrected chi connectivity index (χ2v) is 12.4. The number of anilines is 1. The minimum atomic E-state index is -4.69. The van der Waals surface area contributed by atoms with Crippen LogP contribution in [0.5, 0.6) is 0 Å². The smallest absolute Gasteiger partial charge is 0.369 e. The number of nitriles is 1. The SMILES string of the molecule is C#CCCNc1cc(-c2cc(C#N)ccc2-c2nncn2C)cc(-n2cc3c(C(F)(F)F)cc(CN4CCC5(CC5)C4)cn3c2=O)n1. The summed E-state index contributed by atoms with van der Waals surface area (Å²) in [4.78, 5) is 20.7.